The topological polar surface area (TPSA) is 24.7 Å². The molecule has 0 heterocycles. The third-order valence-electron chi connectivity index (χ3n) is 15.6. The van der Waals surface area contributed by atoms with Gasteiger partial charge in [0.25, 0.3) is 0 Å². The molecule has 0 unspecified atom stereocenters. The fraction of sp³-hybridized carbons (Fsp3) is 0.797. The highest BCUT2D eigenvalue weighted by molar-refractivity contribution is 6.43. The van der Waals surface area contributed by atoms with E-state index in [0.29, 0.717) is 0 Å². The standard InChI is InChI=1S/C69H122N2/c1-5-9-13-16-18-20-22-24-26-28-30-32-34-36-38-40-42-44-46-49-54-64-56-52-58-66(62-64)70-68(60-48-12-8-4)69(61-51-15-11-7-3)71-67-59-53-57-65(63-67)55-50-47-45-43-41-39-37-35-33-31-29-27-25-23-21-19-17-14-10-6-2/h52-53,56-59,62-63H,5-51,54-55,60-61H2,1-4H3. The van der Waals surface area contributed by atoms with E-state index in [1.54, 1.807) is 0 Å². The van der Waals surface area contributed by atoms with Crippen molar-refractivity contribution < 1.29 is 0 Å². The minimum atomic E-state index is 1.02. The van der Waals surface area contributed by atoms with Crippen LogP contribution >= 0.6 is 0 Å². The van der Waals surface area contributed by atoms with Crippen LogP contribution < -0.4 is 0 Å². The molecule has 0 amide bonds. The van der Waals surface area contributed by atoms with E-state index in [4.69, 9.17) is 9.98 Å². The number of aliphatic imine (C=N–C) groups is 2. The number of aryl methyl sites for hydroxylation is 2. The SMILES string of the molecule is CCCCCCCCCCCCCCCCCCCCCCc1cccc(N=C(CCCCC)C(CCCCCC)=Nc2cccc(CCCCCCCCCCCCCCCCCCCCCC)c2)c1. The minimum Gasteiger partial charge on any atom is -0.252 e. The molecule has 2 rings (SSSR count). The number of unbranched alkanes of at least 4 members (excludes halogenated alkanes) is 43. The molecule has 71 heavy (non-hydrogen) atoms. The van der Waals surface area contributed by atoms with Gasteiger partial charge >= 0.3 is 0 Å². The summed E-state index contributed by atoms with van der Waals surface area (Å²) in [6, 6.07) is 18.4. The molecule has 0 bridgehead atoms. The van der Waals surface area contributed by atoms with Gasteiger partial charge in [-0.15, -0.1) is 0 Å². The van der Waals surface area contributed by atoms with Crippen molar-refractivity contribution in [2.75, 3.05) is 0 Å². The van der Waals surface area contributed by atoms with Crippen molar-refractivity contribution in [1.82, 2.24) is 0 Å². The van der Waals surface area contributed by atoms with Crippen LogP contribution in [0.2, 0.25) is 0 Å². The molecule has 2 nitrogen and oxygen atoms in total. The van der Waals surface area contributed by atoms with Gasteiger partial charge < -0.3 is 0 Å². The number of benzene rings is 2. The summed E-state index contributed by atoms with van der Waals surface area (Å²) in [6.45, 7) is 9.25. The Labute approximate surface area is 445 Å². The summed E-state index contributed by atoms with van der Waals surface area (Å²) in [4.78, 5) is 10.9. The van der Waals surface area contributed by atoms with Gasteiger partial charge in [0.15, 0.2) is 0 Å². The van der Waals surface area contributed by atoms with Crippen LogP contribution in [-0.2, 0) is 12.8 Å². The highest BCUT2D eigenvalue weighted by Gasteiger charge is 2.12. The van der Waals surface area contributed by atoms with Gasteiger partial charge in [-0.3, -0.25) is 9.98 Å². The quantitative estimate of drug-likeness (QED) is 0.0466. The number of hydrogen-bond acceptors (Lipinski definition) is 2. The van der Waals surface area contributed by atoms with Crippen LogP contribution in [0.5, 0.6) is 0 Å². The van der Waals surface area contributed by atoms with Crippen LogP contribution in [-0.4, -0.2) is 11.4 Å². The highest BCUT2D eigenvalue weighted by Crippen LogP contribution is 2.24. The Balaban J connectivity index is 1.74. The molecule has 0 fully saturated rings. The first-order valence-electron chi connectivity index (χ1n) is 32.5. The lowest BCUT2D eigenvalue weighted by Crippen LogP contribution is -2.14. The largest absolute Gasteiger partial charge is 0.252 e. The van der Waals surface area contributed by atoms with Gasteiger partial charge in [-0.25, -0.2) is 0 Å². The molecule has 0 spiro atoms. The molecular formula is C69H122N2. The maximum absolute atomic E-state index is 5.47. The average molecular weight is 980 g/mol. The first kappa shape index (κ1) is 64.9. The number of rotatable bonds is 54. The van der Waals surface area contributed by atoms with Crippen molar-refractivity contribution in [2.24, 2.45) is 9.98 Å². The van der Waals surface area contributed by atoms with Crippen molar-refractivity contribution in [3.05, 3.63) is 59.7 Å². The first-order valence-corrected chi connectivity index (χ1v) is 32.5. The number of hydrogen-bond donors (Lipinski definition) is 0. The Hall–Kier alpha value is -2.22. The van der Waals surface area contributed by atoms with E-state index >= 15 is 0 Å². The fourth-order valence-corrected chi connectivity index (χ4v) is 10.8. The molecular weight excluding hydrogens is 857 g/mol. The zero-order chi connectivity index (χ0) is 50.6. The molecule has 0 radical (unpaired) electrons. The fourth-order valence-electron chi connectivity index (χ4n) is 10.8. The van der Waals surface area contributed by atoms with Crippen molar-refractivity contribution in [2.45, 2.75) is 355 Å². The Bertz CT molecular complexity index is 1470. The van der Waals surface area contributed by atoms with E-state index in [-0.39, 0.29) is 0 Å². The summed E-state index contributed by atoms with van der Waals surface area (Å²) < 4.78 is 0. The van der Waals surface area contributed by atoms with Crippen LogP contribution in [0.4, 0.5) is 11.4 Å². The van der Waals surface area contributed by atoms with E-state index < -0.39 is 0 Å². The molecule has 0 aromatic heterocycles. The lowest BCUT2D eigenvalue weighted by atomic mass is 10.0. The summed E-state index contributed by atoms with van der Waals surface area (Å²) >= 11 is 0. The summed E-state index contributed by atoms with van der Waals surface area (Å²) in [6.07, 6.45) is 70.3. The van der Waals surface area contributed by atoms with Crippen LogP contribution in [0.3, 0.4) is 0 Å². The first-order chi connectivity index (χ1) is 35.2. The second kappa shape index (κ2) is 51.3. The summed E-state index contributed by atoms with van der Waals surface area (Å²) in [5.74, 6) is 0. The van der Waals surface area contributed by atoms with Gasteiger partial charge in [-0.1, -0.05) is 328 Å². The third-order valence-corrected chi connectivity index (χ3v) is 15.6. The average Bonchev–Trinajstić information content (AvgIpc) is 3.38. The molecule has 2 aromatic carbocycles. The van der Waals surface area contributed by atoms with Crippen LogP contribution in [0.25, 0.3) is 0 Å². The summed E-state index contributed by atoms with van der Waals surface area (Å²) in [5, 5.41) is 0. The van der Waals surface area contributed by atoms with Crippen LogP contribution in [0.1, 0.15) is 353 Å². The Kier molecular flexibility index (Phi) is 46.9. The third kappa shape index (κ3) is 40.8. The zero-order valence-corrected chi connectivity index (χ0v) is 48.6. The molecule has 408 valence electrons. The van der Waals surface area contributed by atoms with Crippen LogP contribution in [0, 0.1) is 0 Å². The maximum atomic E-state index is 5.47. The molecule has 0 N–H and O–H groups in total. The van der Waals surface area contributed by atoms with Gasteiger partial charge in [0.05, 0.1) is 22.8 Å². The molecule has 0 aliphatic carbocycles. The molecule has 2 heteroatoms. The minimum absolute atomic E-state index is 1.02. The van der Waals surface area contributed by atoms with Crippen molar-refractivity contribution >= 4 is 22.8 Å². The molecule has 0 saturated heterocycles. The van der Waals surface area contributed by atoms with Crippen molar-refractivity contribution in [3.63, 3.8) is 0 Å². The molecule has 0 saturated carbocycles. The van der Waals surface area contributed by atoms with Crippen molar-refractivity contribution in [1.29, 1.82) is 0 Å². The second-order valence-corrected chi connectivity index (χ2v) is 22.7. The Morgan fingerprint density at radius 2 is 0.465 bits per heavy atom. The lowest BCUT2D eigenvalue weighted by Gasteiger charge is -2.13. The number of nitrogens with zero attached hydrogens (tertiary/aromatic N) is 2. The molecule has 0 atom stereocenters. The predicted octanol–water partition coefficient (Wildman–Crippen LogP) is 24.8. The van der Waals surface area contributed by atoms with E-state index in [1.807, 2.05) is 0 Å². The molecule has 0 aliphatic heterocycles. The molecule has 2 aromatic rings. The van der Waals surface area contributed by atoms with Gasteiger partial charge in [0.2, 0.25) is 0 Å². The van der Waals surface area contributed by atoms with Gasteiger partial charge in [-0.2, -0.15) is 0 Å². The van der Waals surface area contributed by atoms with Crippen LogP contribution in [0.15, 0.2) is 58.5 Å². The van der Waals surface area contributed by atoms with Crippen molar-refractivity contribution in [3.8, 4) is 0 Å². The predicted molar refractivity (Wildman–Crippen MR) is 323 cm³/mol. The Morgan fingerprint density at radius 1 is 0.254 bits per heavy atom. The van der Waals surface area contributed by atoms with E-state index in [2.05, 4.69) is 76.2 Å². The van der Waals surface area contributed by atoms with Gasteiger partial charge in [0, 0.05) is 0 Å². The zero-order valence-electron chi connectivity index (χ0n) is 48.6. The normalized spacial score (nSPS) is 12.2. The monoisotopic (exact) mass is 979 g/mol. The Morgan fingerprint density at radius 3 is 0.732 bits per heavy atom. The van der Waals surface area contributed by atoms with E-state index in [1.165, 1.54) is 324 Å². The van der Waals surface area contributed by atoms with E-state index in [9.17, 15) is 0 Å². The van der Waals surface area contributed by atoms with E-state index in [0.717, 1.165) is 37.1 Å². The lowest BCUT2D eigenvalue weighted by molar-refractivity contribution is 0.522. The maximum Gasteiger partial charge on any atom is 0.0636 e. The van der Waals surface area contributed by atoms with Gasteiger partial charge in [0.1, 0.15) is 0 Å². The summed E-state index contributed by atoms with van der Waals surface area (Å²) in [5.41, 5.74) is 7.59. The molecule has 0 aliphatic rings. The second-order valence-electron chi connectivity index (χ2n) is 22.7. The highest BCUT2D eigenvalue weighted by atomic mass is 14.8. The summed E-state index contributed by atoms with van der Waals surface area (Å²) in [7, 11) is 0. The smallest absolute Gasteiger partial charge is 0.0636 e. The van der Waals surface area contributed by atoms with Gasteiger partial charge in [-0.05, 0) is 86.8 Å².